The number of rotatable bonds is 3. The molecule has 1 amide bonds. The Bertz CT molecular complexity index is 847. The zero-order valence-corrected chi connectivity index (χ0v) is 15.9. The third-order valence-corrected chi connectivity index (χ3v) is 4.87. The van der Waals surface area contributed by atoms with Crippen molar-refractivity contribution in [3.63, 3.8) is 0 Å². The number of benzene rings is 1. The smallest absolute Gasteiger partial charge is 0.268 e. The van der Waals surface area contributed by atoms with E-state index in [0.29, 0.717) is 17.8 Å². The SMILES string of the molecule is Cc1c2c(n(Cc3ccc(F)c(F)c3)c1C(=O)NC(C)(C)C)CCCC2. The van der Waals surface area contributed by atoms with E-state index in [1.54, 1.807) is 6.07 Å². The van der Waals surface area contributed by atoms with E-state index in [2.05, 4.69) is 5.32 Å². The molecule has 0 radical (unpaired) electrons. The Labute approximate surface area is 153 Å². The molecular weight excluding hydrogens is 334 g/mol. The molecule has 0 unspecified atom stereocenters. The van der Waals surface area contributed by atoms with Gasteiger partial charge in [0.2, 0.25) is 0 Å². The minimum absolute atomic E-state index is 0.119. The molecular formula is C21H26F2N2O. The van der Waals surface area contributed by atoms with E-state index in [1.165, 1.54) is 11.6 Å². The minimum atomic E-state index is -0.860. The number of hydrogen-bond donors (Lipinski definition) is 1. The van der Waals surface area contributed by atoms with Crippen molar-refractivity contribution in [2.45, 2.75) is 65.5 Å². The topological polar surface area (TPSA) is 34.0 Å². The Morgan fingerprint density at radius 1 is 1.15 bits per heavy atom. The predicted molar refractivity (Wildman–Crippen MR) is 98.5 cm³/mol. The van der Waals surface area contributed by atoms with Crippen LogP contribution in [-0.4, -0.2) is 16.0 Å². The van der Waals surface area contributed by atoms with Crippen molar-refractivity contribution in [2.75, 3.05) is 0 Å². The molecule has 0 aliphatic heterocycles. The predicted octanol–water partition coefficient (Wildman–Crippen LogP) is 4.53. The van der Waals surface area contributed by atoms with E-state index in [1.807, 2.05) is 32.3 Å². The van der Waals surface area contributed by atoms with Crippen LogP contribution in [0, 0.1) is 18.6 Å². The molecule has 5 heteroatoms. The van der Waals surface area contributed by atoms with Crippen molar-refractivity contribution in [1.82, 2.24) is 9.88 Å². The lowest BCUT2D eigenvalue weighted by atomic mass is 9.95. The molecule has 1 aromatic carbocycles. The molecule has 0 spiro atoms. The first-order valence-corrected chi connectivity index (χ1v) is 9.14. The minimum Gasteiger partial charge on any atom is -0.346 e. The first-order chi connectivity index (χ1) is 12.2. The second-order valence-electron chi connectivity index (χ2n) is 8.14. The number of carbonyl (C=O) groups excluding carboxylic acids is 1. The molecule has 3 rings (SSSR count). The molecule has 2 aromatic rings. The first-order valence-electron chi connectivity index (χ1n) is 9.14. The number of halogens is 2. The van der Waals surface area contributed by atoms with Gasteiger partial charge in [0.05, 0.1) is 0 Å². The lowest BCUT2D eigenvalue weighted by Gasteiger charge is -2.22. The number of fused-ring (bicyclic) bond motifs is 1. The van der Waals surface area contributed by atoms with Gasteiger partial charge in [-0.1, -0.05) is 6.07 Å². The van der Waals surface area contributed by atoms with Crippen LogP contribution in [0.25, 0.3) is 0 Å². The van der Waals surface area contributed by atoms with Gasteiger partial charge in [0.25, 0.3) is 5.91 Å². The van der Waals surface area contributed by atoms with Gasteiger partial charge in [0.15, 0.2) is 11.6 Å². The lowest BCUT2D eigenvalue weighted by molar-refractivity contribution is 0.0909. The molecule has 0 saturated heterocycles. The molecule has 1 aliphatic rings. The second kappa shape index (κ2) is 6.86. The Morgan fingerprint density at radius 2 is 1.85 bits per heavy atom. The third kappa shape index (κ3) is 3.67. The van der Waals surface area contributed by atoms with Crippen LogP contribution in [0.3, 0.4) is 0 Å². The van der Waals surface area contributed by atoms with E-state index < -0.39 is 11.6 Å². The van der Waals surface area contributed by atoms with Crippen molar-refractivity contribution in [1.29, 1.82) is 0 Å². The van der Waals surface area contributed by atoms with E-state index in [-0.39, 0.29) is 11.4 Å². The Balaban J connectivity index is 2.06. The summed E-state index contributed by atoms with van der Waals surface area (Å²) in [6.07, 6.45) is 4.06. The van der Waals surface area contributed by atoms with Crippen LogP contribution < -0.4 is 5.32 Å². The Morgan fingerprint density at radius 3 is 2.50 bits per heavy atom. The van der Waals surface area contributed by atoms with Crippen LogP contribution in [0.5, 0.6) is 0 Å². The Hall–Kier alpha value is -2.17. The number of nitrogens with one attached hydrogen (secondary N) is 1. The number of amides is 1. The summed E-state index contributed by atoms with van der Waals surface area (Å²) in [6.45, 7) is 8.19. The van der Waals surface area contributed by atoms with Gasteiger partial charge < -0.3 is 9.88 Å². The fourth-order valence-corrected chi connectivity index (χ4v) is 3.76. The highest BCUT2D eigenvalue weighted by Gasteiger charge is 2.28. The summed E-state index contributed by atoms with van der Waals surface area (Å²) in [5.41, 5.74) is 4.33. The average Bonchev–Trinajstić information content (AvgIpc) is 2.82. The van der Waals surface area contributed by atoms with Crippen molar-refractivity contribution < 1.29 is 13.6 Å². The number of nitrogens with zero attached hydrogens (tertiary/aromatic N) is 1. The first kappa shape index (κ1) is 18.6. The second-order valence-corrected chi connectivity index (χ2v) is 8.14. The molecule has 26 heavy (non-hydrogen) atoms. The zero-order chi connectivity index (χ0) is 19.1. The zero-order valence-electron chi connectivity index (χ0n) is 15.9. The summed E-state index contributed by atoms with van der Waals surface area (Å²) in [5, 5.41) is 3.04. The van der Waals surface area contributed by atoms with Gasteiger partial charge in [-0.3, -0.25) is 4.79 Å². The highest BCUT2D eigenvalue weighted by atomic mass is 19.2. The summed E-state index contributed by atoms with van der Waals surface area (Å²) >= 11 is 0. The molecule has 0 atom stereocenters. The molecule has 1 N–H and O–H groups in total. The van der Waals surface area contributed by atoms with Gasteiger partial charge in [-0.15, -0.1) is 0 Å². The highest BCUT2D eigenvalue weighted by molar-refractivity contribution is 5.95. The standard InChI is InChI=1S/C21H26F2N2O/c1-13-15-7-5-6-8-18(15)25(19(13)20(26)24-21(2,3)4)12-14-9-10-16(22)17(23)11-14/h9-11H,5-8,12H2,1-4H3,(H,24,26). The molecule has 0 fully saturated rings. The maximum atomic E-state index is 13.6. The van der Waals surface area contributed by atoms with Gasteiger partial charge >= 0.3 is 0 Å². The Kier molecular flexibility index (Phi) is 4.91. The van der Waals surface area contributed by atoms with Gasteiger partial charge in [0, 0.05) is 17.8 Å². The summed E-state index contributed by atoms with van der Waals surface area (Å²) < 4.78 is 28.9. The summed E-state index contributed by atoms with van der Waals surface area (Å²) in [4.78, 5) is 13.0. The van der Waals surface area contributed by atoms with Crippen LogP contribution in [0.1, 0.15) is 66.5 Å². The van der Waals surface area contributed by atoms with Crippen molar-refractivity contribution >= 4 is 5.91 Å². The number of aromatic nitrogens is 1. The molecule has 1 aliphatic carbocycles. The monoisotopic (exact) mass is 360 g/mol. The fourth-order valence-electron chi connectivity index (χ4n) is 3.76. The molecule has 0 bridgehead atoms. The van der Waals surface area contributed by atoms with Crippen molar-refractivity contribution in [2.24, 2.45) is 0 Å². The van der Waals surface area contributed by atoms with Crippen LogP contribution in [0.2, 0.25) is 0 Å². The van der Waals surface area contributed by atoms with Crippen LogP contribution in [0.4, 0.5) is 8.78 Å². The van der Waals surface area contributed by atoms with Gasteiger partial charge in [-0.05, 0) is 82.2 Å². The van der Waals surface area contributed by atoms with Crippen molar-refractivity contribution in [3.8, 4) is 0 Å². The highest BCUT2D eigenvalue weighted by Crippen LogP contribution is 2.31. The molecule has 1 heterocycles. The molecule has 140 valence electrons. The lowest BCUT2D eigenvalue weighted by Crippen LogP contribution is -2.41. The largest absolute Gasteiger partial charge is 0.346 e. The quantitative estimate of drug-likeness (QED) is 0.857. The summed E-state index contributed by atoms with van der Waals surface area (Å²) in [5.74, 6) is -1.84. The van der Waals surface area contributed by atoms with Gasteiger partial charge in [0.1, 0.15) is 5.69 Å². The molecule has 0 saturated carbocycles. The van der Waals surface area contributed by atoms with E-state index in [4.69, 9.17) is 0 Å². The maximum Gasteiger partial charge on any atom is 0.268 e. The summed E-state index contributed by atoms with van der Waals surface area (Å²) in [6, 6.07) is 3.93. The van der Waals surface area contributed by atoms with Crippen molar-refractivity contribution in [3.05, 3.63) is 57.9 Å². The number of carbonyl (C=O) groups is 1. The number of hydrogen-bond acceptors (Lipinski definition) is 1. The normalized spacial score (nSPS) is 14.2. The average molecular weight is 360 g/mol. The third-order valence-electron chi connectivity index (χ3n) is 4.87. The molecule has 3 nitrogen and oxygen atoms in total. The molecule has 1 aromatic heterocycles. The summed E-state index contributed by atoms with van der Waals surface area (Å²) in [7, 11) is 0. The van der Waals surface area contributed by atoms with Gasteiger partial charge in [-0.25, -0.2) is 8.78 Å². The van der Waals surface area contributed by atoms with E-state index in [0.717, 1.165) is 43.0 Å². The fraction of sp³-hybridized carbons (Fsp3) is 0.476. The van der Waals surface area contributed by atoms with Crippen LogP contribution in [0.15, 0.2) is 18.2 Å². The maximum absolute atomic E-state index is 13.6. The van der Waals surface area contributed by atoms with Crippen LogP contribution >= 0.6 is 0 Å². The van der Waals surface area contributed by atoms with E-state index in [9.17, 15) is 13.6 Å². The van der Waals surface area contributed by atoms with Gasteiger partial charge in [-0.2, -0.15) is 0 Å². The van der Waals surface area contributed by atoms with E-state index >= 15 is 0 Å². The van der Waals surface area contributed by atoms with Crippen LogP contribution in [-0.2, 0) is 19.4 Å².